The molecule has 0 saturated carbocycles. The molecule has 0 radical (unpaired) electrons. The van der Waals surface area contributed by atoms with E-state index in [0.717, 1.165) is 29.0 Å². The lowest BCUT2D eigenvalue weighted by atomic mass is 9.99. The first-order valence-corrected chi connectivity index (χ1v) is 7.15. The number of hydrazine groups is 1. The van der Waals surface area contributed by atoms with Crippen molar-refractivity contribution in [2.75, 3.05) is 0 Å². The second kappa shape index (κ2) is 6.13. The summed E-state index contributed by atoms with van der Waals surface area (Å²) in [5.41, 5.74) is 2.51. The highest BCUT2D eigenvalue weighted by molar-refractivity contribution is 7.10. The molecule has 1 aromatic carbocycles. The molecule has 0 amide bonds. The van der Waals surface area contributed by atoms with Gasteiger partial charge in [0.2, 0.25) is 0 Å². The predicted octanol–water partition coefficient (Wildman–Crippen LogP) is 4.02. The normalized spacial score (nSPS) is 13.4. The molecule has 1 unspecified atom stereocenters. The number of thiophene rings is 1. The Bertz CT molecular complexity index is 622. The Morgan fingerprint density at radius 3 is 2.57 bits per heavy atom. The fourth-order valence-corrected chi connectivity index (χ4v) is 3.24. The zero-order valence-electron chi connectivity index (χ0n) is 11.2. The van der Waals surface area contributed by atoms with E-state index < -0.39 is 23.6 Å². The summed E-state index contributed by atoms with van der Waals surface area (Å²) in [5.74, 6) is 4.21. The van der Waals surface area contributed by atoms with Gasteiger partial charge in [-0.05, 0) is 41.1 Å². The molecular formula is C14H14F4N2S. The van der Waals surface area contributed by atoms with E-state index >= 15 is 0 Å². The van der Waals surface area contributed by atoms with E-state index in [-0.39, 0.29) is 5.56 Å². The van der Waals surface area contributed by atoms with Crippen LogP contribution in [0.15, 0.2) is 29.6 Å². The first kappa shape index (κ1) is 15.9. The highest BCUT2D eigenvalue weighted by Gasteiger charge is 2.35. The maximum atomic E-state index is 13.4. The number of aryl methyl sites for hydroxylation is 1. The zero-order valence-corrected chi connectivity index (χ0v) is 12.0. The van der Waals surface area contributed by atoms with Crippen molar-refractivity contribution >= 4 is 11.3 Å². The lowest BCUT2D eigenvalue weighted by Gasteiger charge is -2.18. The minimum absolute atomic E-state index is 0.281. The highest BCUT2D eigenvalue weighted by atomic mass is 32.1. The van der Waals surface area contributed by atoms with Crippen molar-refractivity contribution in [3.8, 4) is 0 Å². The molecule has 0 fully saturated rings. The molecule has 1 heterocycles. The van der Waals surface area contributed by atoms with Crippen LogP contribution in [0.4, 0.5) is 17.6 Å². The second-order valence-corrected chi connectivity index (χ2v) is 5.45. The Hall–Kier alpha value is -1.44. The molecule has 0 aliphatic heterocycles. The van der Waals surface area contributed by atoms with Crippen LogP contribution in [0, 0.1) is 5.82 Å². The van der Waals surface area contributed by atoms with E-state index in [9.17, 15) is 17.6 Å². The third-order valence-corrected chi connectivity index (χ3v) is 4.24. The number of nitrogens with one attached hydrogen (secondary N) is 1. The molecule has 21 heavy (non-hydrogen) atoms. The van der Waals surface area contributed by atoms with Gasteiger partial charge in [0.25, 0.3) is 0 Å². The minimum Gasteiger partial charge on any atom is -0.271 e. The van der Waals surface area contributed by atoms with Gasteiger partial charge in [-0.2, -0.15) is 13.2 Å². The van der Waals surface area contributed by atoms with Gasteiger partial charge >= 0.3 is 6.18 Å². The molecule has 2 rings (SSSR count). The van der Waals surface area contributed by atoms with E-state index in [2.05, 4.69) is 5.43 Å². The number of halogens is 4. The Labute approximate surface area is 123 Å². The molecule has 0 saturated heterocycles. The Morgan fingerprint density at radius 1 is 1.29 bits per heavy atom. The topological polar surface area (TPSA) is 38.0 Å². The number of hydrogen-bond acceptors (Lipinski definition) is 3. The summed E-state index contributed by atoms with van der Waals surface area (Å²) in [4.78, 5) is 0.833. The molecule has 0 aliphatic carbocycles. The molecular weight excluding hydrogens is 304 g/mol. The van der Waals surface area contributed by atoms with E-state index in [4.69, 9.17) is 5.84 Å². The summed E-state index contributed by atoms with van der Waals surface area (Å²) >= 11 is 1.40. The summed E-state index contributed by atoms with van der Waals surface area (Å²) in [6.07, 6.45) is -3.99. The quantitative estimate of drug-likeness (QED) is 0.507. The average molecular weight is 318 g/mol. The lowest BCUT2D eigenvalue weighted by molar-refractivity contribution is -0.140. The maximum Gasteiger partial charge on any atom is 0.419 e. The number of hydrogen-bond donors (Lipinski definition) is 2. The maximum absolute atomic E-state index is 13.4. The van der Waals surface area contributed by atoms with Crippen molar-refractivity contribution < 1.29 is 17.6 Å². The molecule has 3 N–H and O–H groups in total. The second-order valence-electron chi connectivity index (χ2n) is 4.50. The Kier molecular flexibility index (Phi) is 4.65. The molecule has 7 heteroatoms. The molecule has 2 nitrogen and oxygen atoms in total. The number of alkyl halides is 3. The summed E-state index contributed by atoms with van der Waals surface area (Å²) in [6, 6.07) is 4.25. The van der Waals surface area contributed by atoms with Crippen LogP contribution in [-0.4, -0.2) is 0 Å². The highest BCUT2D eigenvalue weighted by Crippen LogP contribution is 2.35. The third-order valence-electron chi connectivity index (χ3n) is 3.22. The molecule has 2 aromatic rings. The van der Waals surface area contributed by atoms with Crippen molar-refractivity contribution in [2.45, 2.75) is 25.6 Å². The third kappa shape index (κ3) is 3.25. The summed E-state index contributed by atoms with van der Waals surface area (Å²) < 4.78 is 51.7. The van der Waals surface area contributed by atoms with Gasteiger partial charge < -0.3 is 0 Å². The van der Waals surface area contributed by atoms with Gasteiger partial charge in [-0.15, -0.1) is 11.3 Å². The zero-order chi connectivity index (χ0) is 15.6. The van der Waals surface area contributed by atoms with Crippen LogP contribution in [0.1, 0.15) is 34.5 Å². The fourth-order valence-electron chi connectivity index (χ4n) is 2.16. The summed E-state index contributed by atoms with van der Waals surface area (Å²) in [5, 5.41) is 1.85. The standard InChI is InChI=1S/C14H14F4N2S/c1-2-8-5-6-21-13(8)12(20-19)9-3-4-11(15)10(7-9)14(16,17)18/h3-7,12,20H,2,19H2,1H3. The monoisotopic (exact) mass is 318 g/mol. The summed E-state index contributed by atoms with van der Waals surface area (Å²) in [7, 11) is 0. The van der Waals surface area contributed by atoms with E-state index in [1.807, 2.05) is 18.4 Å². The van der Waals surface area contributed by atoms with Crippen LogP contribution in [-0.2, 0) is 12.6 Å². The smallest absolute Gasteiger partial charge is 0.271 e. The van der Waals surface area contributed by atoms with Crippen molar-refractivity contribution in [3.05, 3.63) is 57.0 Å². The van der Waals surface area contributed by atoms with Crippen molar-refractivity contribution in [1.82, 2.24) is 5.43 Å². The van der Waals surface area contributed by atoms with Crippen LogP contribution in [0.3, 0.4) is 0 Å². The summed E-state index contributed by atoms with van der Waals surface area (Å²) in [6.45, 7) is 1.95. The first-order valence-electron chi connectivity index (χ1n) is 6.27. The molecule has 0 aliphatic rings. The van der Waals surface area contributed by atoms with Gasteiger partial charge in [0.1, 0.15) is 5.82 Å². The number of benzene rings is 1. The van der Waals surface area contributed by atoms with E-state index in [0.29, 0.717) is 0 Å². The van der Waals surface area contributed by atoms with Crippen LogP contribution in [0.2, 0.25) is 0 Å². The lowest BCUT2D eigenvalue weighted by Crippen LogP contribution is -2.29. The van der Waals surface area contributed by atoms with Crippen LogP contribution >= 0.6 is 11.3 Å². The molecule has 0 spiro atoms. The van der Waals surface area contributed by atoms with Gasteiger partial charge in [0.05, 0.1) is 11.6 Å². The van der Waals surface area contributed by atoms with Crippen molar-refractivity contribution in [3.63, 3.8) is 0 Å². The molecule has 114 valence electrons. The molecule has 1 atom stereocenters. The van der Waals surface area contributed by atoms with Crippen LogP contribution < -0.4 is 11.3 Å². The van der Waals surface area contributed by atoms with Gasteiger partial charge in [-0.3, -0.25) is 5.84 Å². The number of rotatable bonds is 4. The van der Waals surface area contributed by atoms with Gasteiger partial charge in [0, 0.05) is 4.88 Å². The van der Waals surface area contributed by atoms with Crippen molar-refractivity contribution in [1.29, 1.82) is 0 Å². The van der Waals surface area contributed by atoms with Gasteiger partial charge in [-0.25, -0.2) is 9.82 Å². The Morgan fingerprint density at radius 2 is 2.00 bits per heavy atom. The predicted molar refractivity (Wildman–Crippen MR) is 74.3 cm³/mol. The minimum atomic E-state index is -4.73. The van der Waals surface area contributed by atoms with Gasteiger partial charge in [-0.1, -0.05) is 13.0 Å². The SMILES string of the molecule is CCc1ccsc1C(NN)c1ccc(F)c(C(F)(F)F)c1. The van der Waals surface area contributed by atoms with Crippen LogP contribution in [0.5, 0.6) is 0 Å². The van der Waals surface area contributed by atoms with E-state index in [1.165, 1.54) is 17.4 Å². The fraction of sp³-hybridized carbons (Fsp3) is 0.286. The number of nitrogens with two attached hydrogens (primary N) is 1. The van der Waals surface area contributed by atoms with Crippen LogP contribution in [0.25, 0.3) is 0 Å². The average Bonchev–Trinajstić information content (AvgIpc) is 2.88. The van der Waals surface area contributed by atoms with E-state index in [1.54, 1.807) is 0 Å². The van der Waals surface area contributed by atoms with Crippen molar-refractivity contribution in [2.24, 2.45) is 5.84 Å². The van der Waals surface area contributed by atoms with Gasteiger partial charge in [0.15, 0.2) is 0 Å². The molecule has 1 aromatic heterocycles. The largest absolute Gasteiger partial charge is 0.419 e. The molecule has 0 bridgehead atoms. The Balaban J connectivity index is 2.49. The first-order chi connectivity index (χ1) is 9.88.